The molecule has 0 aromatic heterocycles. The predicted octanol–water partition coefficient (Wildman–Crippen LogP) is 6.39. The highest BCUT2D eigenvalue weighted by molar-refractivity contribution is 6.02. The SMILES string of the molecule is CC(=O)O[C@H]1CC[C@]2(C)[C@H]3CC[C@@H]4C5=C(C(C)C)C(=O)[C@@H]([C@H](O)C[N+](=O)[O-])C5CC[C@@]4(C)[C@]3(C)CC[C@H]2C1(C)C. The summed E-state index contributed by atoms with van der Waals surface area (Å²) in [6.45, 7) is 17.2. The average molecular weight is 558 g/mol. The Hall–Kier alpha value is -1.76. The highest BCUT2D eigenvalue weighted by Gasteiger charge is 2.69. The number of hydrogen-bond donors (Lipinski definition) is 1. The van der Waals surface area contributed by atoms with Crippen LogP contribution >= 0.6 is 0 Å². The summed E-state index contributed by atoms with van der Waals surface area (Å²) >= 11 is 0. The van der Waals surface area contributed by atoms with Crippen LogP contribution in [0.4, 0.5) is 0 Å². The minimum absolute atomic E-state index is 0.0238. The van der Waals surface area contributed by atoms with E-state index in [-0.39, 0.29) is 57.3 Å². The minimum atomic E-state index is -1.24. The molecular weight excluding hydrogens is 506 g/mol. The number of hydrogen-bond acceptors (Lipinski definition) is 6. The maximum Gasteiger partial charge on any atom is 0.302 e. The average Bonchev–Trinajstić information content (AvgIpc) is 3.13. The first-order valence-electron chi connectivity index (χ1n) is 15.8. The van der Waals surface area contributed by atoms with Gasteiger partial charge in [-0.1, -0.05) is 54.0 Å². The topological polar surface area (TPSA) is 107 Å². The molecule has 7 nitrogen and oxygen atoms in total. The van der Waals surface area contributed by atoms with Gasteiger partial charge in [0.05, 0.1) is 5.92 Å². The molecular formula is C33H51NO6. The van der Waals surface area contributed by atoms with Crippen LogP contribution in [0.5, 0.6) is 0 Å². The normalized spacial score (nSPS) is 44.8. The first kappa shape index (κ1) is 29.7. The van der Waals surface area contributed by atoms with Gasteiger partial charge in [0.25, 0.3) is 0 Å². The third kappa shape index (κ3) is 3.99. The molecule has 1 N–H and O–H groups in total. The largest absolute Gasteiger partial charge is 0.462 e. The molecule has 224 valence electrons. The molecule has 5 aliphatic rings. The van der Waals surface area contributed by atoms with Crippen molar-refractivity contribution >= 4 is 11.8 Å². The van der Waals surface area contributed by atoms with Crippen molar-refractivity contribution in [3.05, 3.63) is 21.3 Å². The van der Waals surface area contributed by atoms with Gasteiger partial charge in [-0.3, -0.25) is 19.7 Å². The number of allylic oxidation sites excluding steroid dienone is 2. The van der Waals surface area contributed by atoms with Crippen LogP contribution < -0.4 is 0 Å². The predicted molar refractivity (Wildman–Crippen MR) is 153 cm³/mol. The standard InChI is InChI=1S/C33H51NO6/c1-18(2)26-27-20(28(29(26)37)22(36)17-34(38)39)11-15-32(7)21(27)9-10-24-31(6)14-13-25(40-19(3)35)30(4,5)23(31)12-16-33(24,32)8/h18,20-25,28,36H,9-17H2,1-8H3/t20?,21-,22-,23+,24-,25+,28-,31+,32-,33-/m1/s1. The molecule has 7 heteroatoms. The Morgan fingerprint density at radius 3 is 2.25 bits per heavy atom. The summed E-state index contributed by atoms with van der Waals surface area (Å²) in [5, 5.41) is 22.2. The molecule has 0 aliphatic heterocycles. The molecule has 5 rings (SSSR count). The molecule has 0 saturated heterocycles. The number of carbonyl (C=O) groups excluding carboxylic acids is 2. The van der Waals surface area contributed by atoms with Crippen molar-refractivity contribution in [1.82, 2.24) is 0 Å². The zero-order valence-corrected chi connectivity index (χ0v) is 25.9. The van der Waals surface area contributed by atoms with Crippen molar-refractivity contribution in [2.24, 2.45) is 57.2 Å². The zero-order valence-electron chi connectivity index (χ0n) is 25.9. The van der Waals surface area contributed by atoms with E-state index in [9.17, 15) is 24.8 Å². The Morgan fingerprint density at radius 1 is 1.00 bits per heavy atom. The van der Waals surface area contributed by atoms with Crippen LogP contribution in [0.25, 0.3) is 0 Å². The fourth-order valence-electron chi connectivity index (χ4n) is 11.7. The van der Waals surface area contributed by atoms with E-state index in [0.29, 0.717) is 11.8 Å². The van der Waals surface area contributed by atoms with Gasteiger partial charge in [-0.2, -0.15) is 0 Å². The number of carbonyl (C=O) groups is 2. The number of Topliss-reactive ketones (excluding diaryl/α,β-unsaturated/α-hetero) is 1. The van der Waals surface area contributed by atoms with E-state index in [1.807, 2.05) is 0 Å². The number of nitro groups is 1. The van der Waals surface area contributed by atoms with E-state index in [1.165, 1.54) is 12.5 Å². The number of esters is 1. The molecule has 1 unspecified atom stereocenters. The van der Waals surface area contributed by atoms with Crippen molar-refractivity contribution in [3.63, 3.8) is 0 Å². The van der Waals surface area contributed by atoms with Crippen LogP contribution in [0.3, 0.4) is 0 Å². The van der Waals surface area contributed by atoms with Gasteiger partial charge in [0.2, 0.25) is 6.54 Å². The highest BCUT2D eigenvalue weighted by atomic mass is 16.6. The lowest BCUT2D eigenvalue weighted by molar-refractivity contribution is -0.492. The quantitative estimate of drug-likeness (QED) is 0.238. The third-order valence-corrected chi connectivity index (χ3v) is 13.5. The number of ketones is 1. The van der Waals surface area contributed by atoms with Crippen molar-refractivity contribution in [2.45, 2.75) is 119 Å². The number of aliphatic hydroxyl groups is 1. The monoisotopic (exact) mass is 557 g/mol. The smallest absolute Gasteiger partial charge is 0.302 e. The molecule has 4 fully saturated rings. The van der Waals surface area contributed by atoms with E-state index < -0.39 is 23.5 Å². The van der Waals surface area contributed by atoms with Crippen LogP contribution in [-0.4, -0.2) is 40.5 Å². The molecule has 0 heterocycles. The lowest BCUT2D eigenvalue weighted by atomic mass is 9.33. The fourth-order valence-corrected chi connectivity index (χ4v) is 11.7. The number of nitrogens with zero attached hydrogens (tertiary/aromatic N) is 1. The molecule has 0 bridgehead atoms. The van der Waals surface area contributed by atoms with E-state index in [1.54, 1.807) is 0 Å². The molecule has 5 aliphatic carbocycles. The maximum atomic E-state index is 13.8. The maximum absolute atomic E-state index is 13.8. The molecule has 0 aromatic carbocycles. The van der Waals surface area contributed by atoms with E-state index in [2.05, 4.69) is 48.5 Å². The molecule has 4 saturated carbocycles. The molecule has 0 amide bonds. The Bertz CT molecular complexity index is 1130. The van der Waals surface area contributed by atoms with Gasteiger partial charge >= 0.3 is 5.97 Å². The second-order valence-corrected chi connectivity index (χ2v) is 15.7. The van der Waals surface area contributed by atoms with Crippen molar-refractivity contribution in [2.75, 3.05) is 6.54 Å². The van der Waals surface area contributed by atoms with Gasteiger partial charge in [0.1, 0.15) is 12.2 Å². The summed E-state index contributed by atoms with van der Waals surface area (Å²) in [5.41, 5.74) is 2.30. The summed E-state index contributed by atoms with van der Waals surface area (Å²) < 4.78 is 5.87. The fraction of sp³-hybridized carbons (Fsp3) is 0.879. The van der Waals surface area contributed by atoms with E-state index in [0.717, 1.165) is 56.9 Å². The Kier molecular flexibility index (Phi) is 7.16. The molecule has 0 radical (unpaired) electrons. The summed E-state index contributed by atoms with van der Waals surface area (Å²) in [7, 11) is 0. The second-order valence-electron chi connectivity index (χ2n) is 15.7. The Labute approximate surface area is 240 Å². The molecule has 10 atom stereocenters. The summed E-state index contributed by atoms with van der Waals surface area (Å²) in [4.78, 5) is 36.5. The highest BCUT2D eigenvalue weighted by Crippen LogP contribution is 2.75. The van der Waals surface area contributed by atoms with Crippen LogP contribution in [0, 0.1) is 67.3 Å². The lowest BCUT2D eigenvalue weighted by Gasteiger charge is -2.71. The Morgan fingerprint density at radius 2 is 1.65 bits per heavy atom. The molecule has 0 aromatic rings. The van der Waals surface area contributed by atoms with Gasteiger partial charge in [0, 0.05) is 17.3 Å². The second kappa shape index (κ2) is 9.64. The minimum Gasteiger partial charge on any atom is -0.462 e. The van der Waals surface area contributed by atoms with Crippen molar-refractivity contribution < 1.29 is 24.4 Å². The van der Waals surface area contributed by atoms with E-state index in [4.69, 9.17) is 4.74 Å². The van der Waals surface area contributed by atoms with E-state index >= 15 is 0 Å². The van der Waals surface area contributed by atoms with Crippen LogP contribution in [0.15, 0.2) is 11.1 Å². The number of ether oxygens (including phenoxy) is 1. The van der Waals surface area contributed by atoms with Crippen molar-refractivity contribution in [3.8, 4) is 0 Å². The first-order valence-corrected chi connectivity index (χ1v) is 15.8. The summed E-state index contributed by atoms with van der Waals surface area (Å²) in [6.07, 6.45) is 6.86. The number of fused-ring (bicyclic) bond motifs is 7. The Balaban J connectivity index is 1.51. The first-order chi connectivity index (χ1) is 18.5. The van der Waals surface area contributed by atoms with Gasteiger partial charge in [-0.15, -0.1) is 0 Å². The van der Waals surface area contributed by atoms with Crippen LogP contribution in [0.1, 0.15) is 107 Å². The summed E-state index contributed by atoms with van der Waals surface area (Å²) in [6, 6.07) is 0. The van der Waals surface area contributed by atoms with Crippen molar-refractivity contribution in [1.29, 1.82) is 0 Å². The number of rotatable bonds is 5. The third-order valence-electron chi connectivity index (χ3n) is 13.5. The van der Waals surface area contributed by atoms with Gasteiger partial charge in [-0.25, -0.2) is 0 Å². The molecule has 0 spiro atoms. The molecule has 40 heavy (non-hydrogen) atoms. The van der Waals surface area contributed by atoms with Crippen LogP contribution in [-0.2, 0) is 14.3 Å². The van der Waals surface area contributed by atoms with Crippen LogP contribution in [0.2, 0.25) is 0 Å². The van der Waals surface area contributed by atoms with Gasteiger partial charge < -0.3 is 9.84 Å². The zero-order chi connectivity index (χ0) is 29.6. The lowest BCUT2D eigenvalue weighted by Crippen LogP contribution is -2.65. The summed E-state index contributed by atoms with van der Waals surface area (Å²) in [5.74, 6) is 0.347. The van der Waals surface area contributed by atoms with Gasteiger partial charge in [0.15, 0.2) is 5.78 Å². The van der Waals surface area contributed by atoms with Gasteiger partial charge in [-0.05, 0) is 103 Å². The number of aliphatic hydroxyl groups excluding tert-OH is 1.